The number of para-hydroxylation sites is 1. The normalized spacial score (nSPS) is 17.4. The summed E-state index contributed by atoms with van der Waals surface area (Å²) in [4.78, 5) is 9.00. The molecule has 1 aliphatic carbocycles. The number of benzene rings is 1. The van der Waals surface area contributed by atoms with Gasteiger partial charge in [0.15, 0.2) is 0 Å². The Hall–Kier alpha value is -1.90. The van der Waals surface area contributed by atoms with Crippen molar-refractivity contribution in [1.82, 2.24) is 4.98 Å². The van der Waals surface area contributed by atoms with Gasteiger partial charge in [-0.2, -0.15) is 0 Å². The van der Waals surface area contributed by atoms with E-state index < -0.39 is 0 Å². The number of aromatic nitrogens is 1. The molecule has 2 N–H and O–H groups in total. The number of rotatable bonds is 2. The minimum Gasteiger partial charge on any atom is -0.387 e. The van der Waals surface area contributed by atoms with Gasteiger partial charge in [0.05, 0.1) is 11.2 Å². The van der Waals surface area contributed by atoms with Crippen LogP contribution in [0.1, 0.15) is 25.7 Å². The fourth-order valence-electron chi connectivity index (χ4n) is 2.63. The fourth-order valence-corrected chi connectivity index (χ4v) is 2.63. The summed E-state index contributed by atoms with van der Waals surface area (Å²) < 4.78 is 0. The Morgan fingerprint density at radius 1 is 1.17 bits per heavy atom. The van der Waals surface area contributed by atoms with E-state index >= 15 is 0 Å². The van der Waals surface area contributed by atoms with E-state index in [2.05, 4.69) is 9.98 Å². The third kappa shape index (κ3) is 2.08. The number of aliphatic imine (C=N–C) groups is 1. The lowest BCUT2D eigenvalue weighted by Gasteiger charge is -2.08. The van der Waals surface area contributed by atoms with Gasteiger partial charge in [-0.3, -0.25) is 4.98 Å². The van der Waals surface area contributed by atoms with Crippen LogP contribution in [0.4, 0.5) is 5.69 Å². The van der Waals surface area contributed by atoms with Crippen molar-refractivity contribution in [3.63, 3.8) is 0 Å². The first-order chi connectivity index (χ1) is 8.84. The first-order valence-electron chi connectivity index (χ1n) is 6.52. The molecule has 0 unspecified atom stereocenters. The van der Waals surface area contributed by atoms with Crippen LogP contribution in [-0.2, 0) is 0 Å². The van der Waals surface area contributed by atoms with Crippen molar-refractivity contribution in [1.29, 1.82) is 0 Å². The van der Waals surface area contributed by atoms with E-state index in [-0.39, 0.29) is 0 Å². The van der Waals surface area contributed by atoms with Gasteiger partial charge in [0, 0.05) is 17.5 Å². The zero-order valence-corrected chi connectivity index (χ0v) is 10.3. The second kappa shape index (κ2) is 4.77. The predicted molar refractivity (Wildman–Crippen MR) is 75.0 cm³/mol. The number of amidine groups is 1. The highest BCUT2D eigenvalue weighted by Crippen LogP contribution is 2.28. The third-order valence-electron chi connectivity index (χ3n) is 3.63. The molecular formula is C15H17N3. The molecule has 1 saturated carbocycles. The van der Waals surface area contributed by atoms with Gasteiger partial charge >= 0.3 is 0 Å². The third-order valence-corrected chi connectivity index (χ3v) is 3.63. The summed E-state index contributed by atoms with van der Waals surface area (Å²) in [5.74, 6) is 1.23. The topological polar surface area (TPSA) is 51.3 Å². The fraction of sp³-hybridized carbons (Fsp3) is 0.333. The lowest BCUT2D eigenvalue weighted by molar-refractivity contribution is 0.722. The first kappa shape index (κ1) is 11.2. The minimum atomic E-state index is 0.462. The van der Waals surface area contributed by atoms with Crippen LogP contribution in [0.3, 0.4) is 0 Å². The van der Waals surface area contributed by atoms with E-state index in [1.807, 2.05) is 30.3 Å². The molecular weight excluding hydrogens is 222 g/mol. The summed E-state index contributed by atoms with van der Waals surface area (Å²) in [5, 5.41) is 1.11. The molecule has 0 bridgehead atoms. The molecule has 0 amide bonds. The number of fused-ring (bicyclic) bond motifs is 1. The zero-order chi connectivity index (χ0) is 12.4. The van der Waals surface area contributed by atoms with Crippen molar-refractivity contribution in [2.75, 3.05) is 0 Å². The predicted octanol–water partition coefficient (Wildman–Crippen LogP) is 3.41. The SMILES string of the molecule is NC(=Nc1cccc2cccnc12)C1CCCC1. The van der Waals surface area contributed by atoms with Gasteiger partial charge in [-0.15, -0.1) is 0 Å². The van der Waals surface area contributed by atoms with Crippen LogP contribution < -0.4 is 5.73 Å². The van der Waals surface area contributed by atoms with E-state index in [9.17, 15) is 0 Å². The number of hydrogen-bond acceptors (Lipinski definition) is 2. The molecule has 3 rings (SSSR count). The van der Waals surface area contributed by atoms with Gasteiger partial charge in [-0.05, 0) is 25.0 Å². The van der Waals surface area contributed by atoms with E-state index in [1.165, 1.54) is 25.7 Å². The molecule has 92 valence electrons. The number of nitrogens with zero attached hydrogens (tertiary/aromatic N) is 2. The highest BCUT2D eigenvalue weighted by Gasteiger charge is 2.18. The summed E-state index contributed by atoms with van der Waals surface area (Å²) in [5.41, 5.74) is 7.94. The lowest BCUT2D eigenvalue weighted by Crippen LogP contribution is -2.20. The van der Waals surface area contributed by atoms with Gasteiger partial charge in [0.25, 0.3) is 0 Å². The molecule has 1 aromatic heterocycles. The average Bonchev–Trinajstić information content (AvgIpc) is 2.93. The van der Waals surface area contributed by atoms with Gasteiger partial charge in [0.1, 0.15) is 5.84 Å². The van der Waals surface area contributed by atoms with E-state index in [1.54, 1.807) is 6.20 Å². The summed E-state index contributed by atoms with van der Waals surface area (Å²) in [6.07, 6.45) is 6.69. The molecule has 0 saturated heterocycles. The van der Waals surface area contributed by atoms with Crippen LogP contribution in [-0.4, -0.2) is 10.8 Å². The molecule has 0 spiro atoms. The first-order valence-corrected chi connectivity index (χ1v) is 6.52. The van der Waals surface area contributed by atoms with Gasteiger partial charge in [-0.25, -0.2) is 4.99 Å². The van der Waals surface area contributed by atoms with Crippen molar-refractivity contribution in [3.8, 4) is 0 Å². The van der Waals surface area contributed by atoms with Crippen LogP contribution in [0, 0.1) is 5.92 Å². The van der Waals surface area contributed by atoms with Crippen molar-refractivity contribution >= 4 is 22.4 Å². The monoisotopic (exact) mass is 239 g/mol. The highest BCUT2D eigenvalue weighted by atomic mass is 14.9. The van der Waals surface area contributed by atoms with Crippen LogP contribution in [0.2, 0.25) is 0 Å². The van der Waals surface area contributed by atoms with E-state index in [4.69, 9.17) is 5.73 Å². The van der Waals surface area contributed by atoms with Crippen molar-refractivity contribution in [2.24, 2.45) is 16.6 Å². The Balaban J connectivity index is 2.01. The van der Waals surface area contributed by atoms with Crippen molar-refractivity contribution in [3.05, 3.63) is 36.5 Å². The zero-order valence-electron chi connectivity index (χ0n) is 10.3. The second-order valence-electron chi connectivity index (χ2n) is 4.87. The standard InChI is InChI=1S/C15H17N3/c16-15(12-5-1-2-6-12)18-13-9-3-7-11-8-4-10-17-14(11)13/h3-4,7-10,12H,1-2,5-6H2,(H2,16,18). The molecule has 0 aliphatic heterocycles. The summed E-state index contributed by atoms with van der Waals surface area (Å²) in [6, 6.07) is 10.0. The summed E-state index contributed by atoms with van der Waals surface area (Å²) in [7, 11) is 0. The Bertz CT molecular complexity index is 578. The molecule has 1 aromatic carbocycles. The van der Waals surface area contributed by atoms with Crippen LogP contribution >= 0.6 is 0 Å². The summed E-state index contributed by atoms with van der Waals surface area (Å²) >= 11 is 0. The Morgan fingerprint density at radius 2 is 1.94 bits per heavy atom. The Morgan fingerprint density at radius 3 is 2.78 bits per heavy atom. The molecule has 0 atom stereocenters. The maximum absolute atomic E-state index is 6.12. The molecule has 3 nitrogen and oxygen atoms in total. The van der Waals surface area contributed by atoms with Crippen LogP contribution in [0.5, 0.6) is 0 Å². The molecule has 1 fully saturated rings. The average molecular weight is 239 g/mol. The number of pyridine rings is 1. The van der Waals surface area contributed by atoms with Crippen molar-refractivity contribution in [2.45, 2.75) is 25.7 Å². The smallest absolute Gasteiger partial charge is 0.103 e. The molecule has 18 heavy (non-hydrogen) atoms. The van der Waals surface area contributed by atoms with Crippen LogP contribution in [0.15, 0.2) is 41.5 Å². The number of hydrogen-bond donors (Lipinski definition) is 1. The van der Waals surface area contributed by atoms with Crippen molar-refractivity contribution < 1.29 is 0 Å². The molecule has 1 heterocycles. The minimum absolute atomic E-state index is 0.462. The maximum atomic E-state index is 6.12. The van der Waals surface area contributed by atoms with Gasteiger partial charge in [0.2, 0.25) is 0 Å². The molecule has 1 aliphatic rings. The van der Waals surface area contributed by atoms with E-state index in [0.717, 1.165) is 22.4 Å². The molecule has 3 heteroatoms. The van der Waals surface area contributed by atoms with Gasteiger partial charge in [-0.1, -0.05) is 31.0 Å². The van der Waals surface area contributed by atoms with E-state index in [0.29, 0.717) is 5.92 Å². The van der Waals surface area contributed by atoms with Gasteiger partial charge < -0.3 is 5.73 Å². The Labute approximate surface area is 107 Å². The highest BCUT2D eigenvalue weighted by molar-refractivity contribution is 5.93. The molecule has 0 radical (unpaired) electrons. The maximum Gasteiger partial charge on any atom is 0.103 e. The largest absolute Gasteiger partial charge is 0.387 e. The lowest BCUT2D eigenvalue weighted by atomic mass is 10.1. The quantitative estimate of drug-likeness (QED) is 0.645. The Kier molecular flexibility index (Phi) is 2.97. The summed E-state index contributed by atoms with van der Waals surface area (Å²) in [6.45, 7) is 0. The van der Waals surface area contributed by atoms with Crippen LogP contribution in [0.25, 0.3) is 10.9 Å². The second-order valence-corrected chi connectivity index (χ2v) is 4.87. The molecule has 2 aromatic rings. The number of nitrogens with two attached hydrogens (primary N) is 1.